The molecule has 3 heteroatoms. The third kappa shape index (κ3) is 3.90. The molecular formula is C42H33NS2. The van der Waals surface area contributed by atoms with E-state index in [9.17, 15) is 0 Å². The van der Waals surface area contributed by atoms with Gasteiger partial charge in [0.05, 0.1) is 0 Å². The average Bonchev–Trinajstić information content (AvgIpc) is 3.78. The Labute approximate surface area is 273 Å². The molecule has 2 aromatic heterocycles. The van der Waals surface area contributed by atoms with Crippen LogP contribution < -0.4 is 4.90 Å². The minimum Gasteiger partial charge on any atom is -0.310 e. The molecule has 0 spiro atoms. The normalized spacial score (nSPS) is 15.0. The standard InChI is InChI=1S/C42H33NS2/c1-41(2)34-11-7-5-9-30(34)32-19-17-28(23-36(32)41)43(27-15-13-26(14-16-27)39-25-40-38(45-39)21-22-44-40)29-18-20-33-31-10-6-8-12-35(31)42(3,4)37(33)24-29/h5-25H,1-4H3. The Kier molecular flexibility index (Phi) is 5.70. The molecule has 0 aliphatic heterocycles. The van der Waals surface area contributed by atoms with Crippen LogP contribution in [0.1, 0.15) is 49.9 Å². The summed E-state index contributed by atoms with van der Waals surface area (Å²) in [6.07, 6.45) is 0. The molecule has 9 rings (SSSR count). The molecule has 0 radical (unpaired) electrons. The summed E-state index contributed by atoms with van der Waals surface area (Å²) in [4.78, 5) is 3.78. The Morgan fingerprint density at radius 2 is 0.978 bits per heavy atom. The Morgan fingerprint density at radius 3 is 1.53 bits per heavy atom. The number of thiophene rings is 2. The number of hydrogen-bond acceptors (Lipinski definition) is 3. The van der Waals surface area contributed by atoms with Crippen LogP contribution in [0.4, 0.5) is 17.1 Å². The van der Waals surface area contributed by atoms with Crippen molar-refractivity contribution in [3.63, 3.8) is 0 Å². The summed E-state index contributed by atoms with van der Waals surface area (Å²) in [5, 5.41) is 2.18. The molecule has 0 saturated heterocycles. The second-order valence-electron chi connectivity index (χ2n) is 13.4. The van der Waals surface area contributed by atoms with Gasteiger partial charge in [-0.25, -0.2) is 0 Å². The minimum atomic E-state index is -0.0644. The van der Waals surface area contributed by atoms with Crippen LogP contribution in [0.25, 0.3) is 42.1 Å². The number of hydrogen-bond donors (Lipinski definition) is 0. The van der Waals surface area contributed by atoms with Gasteiger partial charge in [-0.3, -0.25) is 0 Å². The molecular weight excluding hydrogens is 583 g/mol. The van der Waals surface area contributed by atoms with Gasteiger partial charge in [0.25, 0.3) is 0 Å². The van der Waals surface area contributed by atoms with E-state index in [4.69, 9.17) is 0 Å². The minimum absolute atomic E-state index is 0.0644. The SMILES string of the molecule is CC1(C)c2ccccc2-c2ccc(N(c3ccc(-c4cc5sccc5s4)cc3)c3ccc4c(c3)C(C)(C)c3ccccc3-4)cc21. The first-order chi connectivity index (χ1) is 21.8. The van der Waals surface area contributed by atoms with Crippen molar-refractivity contribution in [2.24, 2.45) is 0 Å². The van der Waals surface area contributed by atoms with Gasteiger partial charge < -0.3 is 4.90 Å². The van der Waals surface area contributed by atoms with Gasteiger partial charge in [0.1, 0.15) is 0 Å². The summed E-state index contributed by atoms with van der Waals surface area (Å²) in [7, 11) is 0. The largest absolute Gasteiger partial charge is 0.310 e. The zero-order valence-electron chi connectivity index (χ0n) is 25.9. The van der Waals surface area contributed by atoms with Gasteiger partial charge in [0.15, 0.2) is 0 Å². The van der Waals surface area contributed by atoms with Gasteiger partial charge in [0.2, 0.25) is 0 Å². The van der Waals surface area contributed by atoms with Gasteiger partial charge >= 0.3 is 0 Å². The smallest absolute Gasteiger partial charge is 0.0465 e. The predicted octanol–water partition coefficient (Wildman–Crippen LogP) is 12.7. The molecule has 5 aromatic carbocycles. The van der Waals surface area contributed by atoms with E-state index < -0.39 is 0 Å². The Morgan fingerprint density at radius 1 is 0.467 bits per heavy atom. The first kappa shape index (κ1) is 26.9. The fraction of sp³-hybridized carbons (Fsp3) is 0.143. The van der Waals surface area contributed by atoms with Crippen molar-refractivity contribution in [3.05, 3.63) is 149 Å². The summed E-state index contributed by atoms with van der Waals surface area (Å²) in [5.74, 6) is 0. The van der Waals surface area contributed by atoms with Crippen LogP contribution in [0.15, 0.2) is 127 Å². The second-order valence-corrected chi connectivity index (χ2v) is 15.5. The van der Waals surface area contributed by atoms with Gasteiger partial charge in [-0.1, -0.05) is 100 Å². The molecule has 0 fully saturated rings. The molecule has 0 bridgehead atoms. The van der Waals surface area contributed by atoms with Crippen LogP contribution in [0.3, 0.4) is 0 Å². The van der Waals surface area contributed by atoms with Crippen molar-refractivity contribution in [3.8, 4) is 32.7 Å². The second kappa shape index (κ2) is 9.53. The van der Waals surface area contributed by atoms with Crippen molar-refractivity contribution in [1.29, 1.82) is 0 Å². The van der Waals surface area contributed by atoms with Gasteiger partial charge in [-0.15, -0.1) is 22.7 Å². The van der Waals surface area contributed by atoms with Crippen molar-refractivity contribution >= 4 is 49.1 Å². The third-order valence-corrected chi connectivity index (χ3v) is 12.3. The molecule has 7 aromatic rings. The van der Waals surface area contributed by atoms with E-state index >= 15 is 0 Å². The molecule has 0 unspecified atom stereocenters. The highest BCUT2D eigenvalue weighted by molar-refractivity contribution is 7.28. The summed E-state index contributed by atoms with van der Waals surface area (Å²) in [6.45, 7) is 9.45. The molecule has 2 aliphatic rings. The van der Waals surface area contributed by atoms with E-state index in [-0.39, 0.29) is 10.8 Å². The molecule has 45 heavy (non-hydrogen) atoms. The number of benzene rings is 5. The van der Waals surface area contributed by atoms with Crippen LogP contribution in [0.2, 0.25) is 0 Å². The average molecular weight is 616 g/mol. The fourth-order valence-electron chi connectivity index (χ4n) is 7.79. The summed E-state index contributed by atoms with van der Waals surface area (Å²) < 4.78 is 2.73. The van der Waals surface area contributed by atoms with Crippen molar-refractivity contribution in [2.75, 3.05) is 4.90 Å². The monoisotopic (exact) mass is 615 g/mol. The zero-order valence-corrected chi connectivity index (χ0v) is 27.5. The number of anilines is 3. The molecule has 2 aliphatic carbocycles. The first-order valence-corrected chi connectivity index (χ1v) is 17.4. The van der Waals surface area contributed by atoms with Gasteiger partial charge in [-0.2, -0.15) is 0 Å². The maximum atomic E-state index is 2.45. The fourth-order valence-corrected chi connectivity index (χ4v) is 9.91. The molecule has 1 nitrogen and oxygen atoms in total. The van der Waals surface area contributed by atoms with Crippen LogP contribution in [0, 0.1) is 0 Å². The molecule has 218 valence electrons. The summed E-state index contributed by atoms with van der Waals surface area (Å²) in [6, 6.07) is 45.7. The Hall–Kier alpha value is -4.44. The lowest BCUT2D eigenvalue weighted by Crippen LogP contribution is -2.18. The topological polar surface area (TPSA) is 3.24 Å². The van der Waals surface area contributed by atoms with Gasteiger partial charge in [0, 0.05) is 42.2 Å². The number of rotatable bonds is 4. The Balaban J connectivity index is 1.20. The molecule has 0 saturated carbocycles. The van der Waals surface area contributed by atoms with Crippen LogP contribution >= 0.6 is 22.7 Å². The molecule has 0 amide bonds. The molecule has 0 atom stereocenters. The first-order valence-electron chi connectivity index (χ1n) is 15.7. The van der Waals surface area contributed by atoms with Crippen LogP contribution in [0.5, 0.6) is 0 Å². The lowest BCUT2D eigenvalue weighted by atomic mass is 9.82. The van der Waals surface area contributed by atoms with Crippen LogP contribution in [-0.2, 0) is 10.8 Å². The number of nitrogens with zero attached hydrogens (tertiary/aromatic N) is 1. The molecule has 0 N–H and O–H groups in total. The van der Waals surface area contributed by atoms with Crippen molar-refractivity contribution in [1.82, 2.24) is 0 Å². The number of fused-ring (bicyclic) bond motifs is 7. The summed E-state index contributed by atoms with van der Waals surface area (Å²) in [5.41, 5.74) is 15.7. The van der Waals surface area contributed by atoms with E-state index in [2.05, 4.69) is 159 Å². The van der Waals surface area contributed by atoms with Crippen molar-refractivity contribution < 1.29 is 0 Å². The maximum absolute atomic E-state index is 2.45. The van der Waals surface area contributed by atoms with E-state index in [0.29, 0.717) is 0 Å². The molecule has 2 heterocycles. The van der Waals surface area contributed by atoms with Gasteiger partial charge in [-0.05, 0) is 104 Å². The predicted molar refractivity (Wildman–Crippen MR) is 195 cm³/mol. The van der Waals surface area contributed by atoms with E-state index in [1.807, 2.05) is 22.7 Å². The quantitative estimate of drug-likeness (QED) is 0.190. The van der Waals surface area contributed by atoms with Crippen LogP contribution in [-0.4, -0.2) is 0 Å². The van der Waals surface area contributed by atoms with E-state index in [1.165, 1.54) is 81.4 Å². The van der Waals surface area contributed by atoms with E-state index in [0.717, 1.165) is 0 Å². The van der Waals surface area contributed by atoms with E-state index in [1.54, 1.807) is 0 Å². The zero-order chi connectivity index (χ0) is 30.5. The highest BCUT2D eigenvalue weighted by Gasteiger charge is 2.37. The Bertz CT molecular complexity index is 2140. The lowest BCUT2D eigenvalue weighted by molar-refractivity contribution is 0.660. The summed E-state index contributed by atoms with van der Waals surface area (Å²) >= 11 is 3.69. The van der Waals surface area contributed by atoms with Crippen molar-refractivity contribution in [2.45, 2.75) is 38.5 Å². The highest BCUT2D eigenvalue weighted by Crippen LogP contribution is 2.53. The lowest BCUT2D eigenvalue weighted by Gasteiger charge is -2.30. The third-order valence-electron chi connectivity index (χ3n) is 10.2. The highest BCUT2D eigenvalue weighted by atomic mass is 32.1. The maximum Gasteiger partial charge on any atom is 0.0465 e.